The fraction of sp³-hybridized carbons (Fsp3) is 0.333. The fourth-order valence-electron chi connectivity index (χ4n) is 1.19. The first-order chi connectivity index (χ1) is 6.47. The predicted molar refractivity (Wildman–Crippen MR) is 52.2 cm³/mol. The molecule has 0 heterocycles. The van der Waals surface area contributed by atoms with Gasteiger partial charge in [-0.25, -0.2) is 4.18 Å². The molecule has 0 aromatic heterocycles. The van der Waals surface area contributed by atoms with Gasteiger partial charge in [0.05, 0.1) is 6.10 Å². The lowest BCUT2D eigenvalue weighted by Crippen LogP contribution is -2.16. The summed E-state index contributed by atoms with van der Waals surface area (Å²) in [5.74, 6) is 0. The molecule has 1 aromatic carbocycles. The van der Waals surface area contributed by atoms with Crippen molar-refractivity contribution in [1.82, 2.24) is 0 Å². The maximum absolute atomic E-state index is 10.4. The minimum atomic E-state index is -4.34. The summed E-state index contributed by atoms with van der Waals surface area (Å²) < 4.78 is 33.5. The van der Waals surface area contributed by atoms with Crippen LogP contribution in [-0.4, -0.2) is 19.1 Å². The molecular weight excluding hydrogens is 204 g/mol. The van der Waals surface area contributed by atoms with E-state index >= 15 is 0 Å². The van der Waals surface area contributed by atoms with Crippen LogP contribution >= 0.6 is 0 Å². The quantitative estimate of drug-likeness (QED) is 0.773. The molecule has 1 unspecified atom stereocenters. The summed E-state index contributed by atoms with van der Waals surface area (Å²) in [6.45, 7) is 1.58. The SMILES string of the molecule is CC(Cc1ccccc1)OS(=O)(=O)O. The summed E-state index contributed by atoms with van der Waals surface area (Å²) in [5.41, 5.74) is 0.962. The van der Waals surface area contributed by atoms with E-state index in [0.29, 0.717) is 6.42 Å². The lowest BCUT2D eigenvalue weighted by atomic mass is 10.1. The molecule has 0 spiro atoms. The molecule has 0 fully saturated rings. The van der Waals surface area contributed by atoms with Crippen molar-refractivity contribution in [1.29, 1.82) is 0 Å². The lowest BCUT2D eigenvalue weighted by Gasteiger charge is -2.09. The maximum atomic E-state index is 10.4. The van der Waals surface area contributed by atoms with Gasteiger partial charge in [0, 0.05) is 0 Å². The van der Waals surface area contributed by atoms with Gasteiger partial charge in [0.1, 0.15) is 0 Å². The van der Waals surface area contributed by atoms with E-state index < -0.39 is 16.5 Å². The van der Waals surface area contributed by atoms with Gasteiger partial charge in [-0.05, 0) is 18.9 Å². The van der Waals surface area contributed by atoms with Crippen LogP contribution in [-0.2, 0) is 21.0 Å². The zero-order chi connectivity index (χ0) is 10.6. The van der Waals surface area contributed by atoms with Gasteiger partial charge in [-0.3, -0.25) is 4.55 Å². The van der Waals surface area contributed by atoms with E-state index in [4.69, 9.17) is 4.55 Å². The number of rotatable bonds is 4. The highest BCUT2D eigenvalue weighted by Crippen LogP contribution is 2.07. The second-order valence-corrected chi connectivity index (χ2v) is 4.07. The lowest BCUT2D eigenvalue weighted by molar-refractivity contribution is 0.198. The van der Waals surface area contributed by atoms with Gasteiger partial charge < -0.3 is 0 Å². The van der Waals surface area contributed by atoms with Crippen LogP contribution in [0.3, 0.4) is 0 Å². The highest BCUT2D eigenvalue weighted by molar-refractivity contribution is 7.80. The third-order valence-electron chi connectivity index (χ3n) is 1.65. The standard InChI is InChI=1S/C9H12O4S/c1-8(13-14(10,11)12)7-9-5-3-2-4-6-9/h2-6,8H,7H2,1H3,(H,10,11,12). The number of hydrogen-bond donors (Lipinski definition) is 1. The second kappa shape index (κ2) is 4.54. The number of hydrogen-bond acceptors (Lipinski definition) is 3. The summed E-state index contributed by atoms with van der Waals surface area (Å²) in [6.07, 6.45) is -0.118. The Bertz CT molecular complexity index is 371. The fourth-order valence-corrected chi connectivity index (χ4v) is 1.67. The summed E-state index contributed by atoms with van der Waals surface area (Å²) in [4.78, 5) is 0. The molecule has 0 aliphatic rings. The summed E-state index contributed by atoms with van der Waals surface area (Å²) in [6, 6.07) is 9.32. The van der Waals surface area contributed by atoms with Crippen molar-refractivity contribution in [3.05, 3.63) is 35.9 Å². The van der Waals surface area contributed by atoms with Crippen molar-refractivity contribution in [2.24, 2.45) is 0 Å². The Labute approximate surface area is 83.5 Å². The van der Waals surface area contributed by atoms with E-state index in [1.165, 1.54) is 0 Å². The minimum absolute atomic E-state index is 0.445. The van der Waals surface area contributed by atoms with Crippen LogP contribution in [0, 0.1) is 0 Å². The molecule has 78 valence electrons. The van der Waals surface area contributed by atoms with E-state index in [2.05, 4.69) is 4.18 Å². The molecule has 0 radical (unpaired) electrons. The van der Waals surface area contributed by atoms with Gasteiger partial charge in [-0.2, -0.15) is 8.42 Å². The van der Waals surface area contributed by atoms with Crippen LogP contribution in [0.25, 0.3) is 0 Å². The Morgan fingerprint density at radius 1 is 1.36 bits per heavy atom. The number of benzene rings is 1. The normalized spacial score (nSPS) is 13.9. The summed E-state index contributed by atoms with van der Waals surface area (Å²) in [7, 11) is -4.34. The van der Waals surface area contributed by atoms with Gasteiger partial charge in [-0.1, -0.05) is 30.3 Å². The van der Waals surface area contributed by atoms with Crippen LogP contribution in [0.1, 0.15) is 12.5 Å². The highest BCUT2D eigenvalue weighted by atomic mass is 32.3. The average Bonchev–Trinajstić information content (AvgIpc) is 2.02. The van der Waals surface area contributed by atoms with E-state index in [1.807, 2.05) is 30.3 Å². The summed E-state index contributed by atoms with van der Waals surface area (Å²) >= 11 is 0. The van der Waals surface area contributed by atoms with Gasteiger partial charge in [0.25, 0.3) is 0 Å². The monoisotopic (exact) mass is 216 g/mol. The van der Waals surface area contributed by atoms with Crippen molar-refractivity contribution in [2.45, 2.75) is 19.4 Å². The third kappa shape index (κ3) is 4.36. The molecule has 0 saturated carbocycles. The van der Waals surface area contributed by atoms with Crippen LogP contribution in [0.15, 0.2) is 30.3 Å². The van der Waals surface area contributed by atoms with Crippen LogP contribution in [0.4, 0.5) is 0 Å². The molecule has 0 saturated heterocycles. The van der Waals surface area contributed by atoms with Gasteiger partial charge >= 0.3 is 10.4 Å². The largest absolute Gasteiger partial charge is 0.397 e. The molecular formula is C9H12O4S. The van der Waals surface area contributed by atoms with Crippen molar-refractivity contribution in [3.63, 3.8) is 0 Å². The smallest absolute Gasteiger partial charge is 0.264 e. The Kier molecular flexibility index (Phi) is 3.62. The van der Waals surface area contributed by atoms with E-state index in [0.717, 1.165) is 5.56 Å². The van der Waals surface area contributed by atoms with Crippen molar-refractivity contribution in [3.8, 4) is 0 Å². The van der Waals surface area contributed by atoms with Gasteiger partial charge in [0.15, 0.2) is 0 Å². The maximum Gasteiger partial charge on any atom is 0.397 e. The van der Waals surface area contributed by atoms with Crippen molar-refractivity contribution >= 4 is 10.4 Å². The Balaban J connectivity index is 2.54. The molecule has 1 rings (SSSR count). The Morgan fingerprint density at radius 3 is 2.43 bits per heavy atom. The van der Waals surface area contributed by atoms with Gasteiger partial charge in [0.2, 0.25) is 0 Å². The van der Waals surface area contributed by atoms with Gasteiger partial charge in [-0.15, -0.1) is 0 Å². The van der Waals surface area contributed by atoms with E-state index in [1.54, 1.807) is 6.92 Å². The third-order valence-corrected chi connectivity index (χ3v) is 2.22. The van der Waals surface area contributed by atoms with Crippen molar-refractivity contribution in [2.75, 3.05) is 0 Å². The van der Waals surface area contributed by atoms with Crippen LogP contribution in [0.2, 0.25) is 0 Å². The van der Waals surface area contributed by atoms with E-state index in [9.17, 15) is 8.42 Å². The predicted octanol–water partition coefficient (Wildman–Crippen LogP) is 1.44. The topological polar surface area (TPSA) is 63.6 Å². The molecule has 4 nitrogen and oxygen atoms in total. The Morgan fingerprint density at radius 2 is 1.93 bits per heavy atom. The minimum Gasteiger partial charge on any atom is -0.264 e. The van der Waals surface area contributed by atoms with Crippen LogP contribution in [0.5, 0.6) is 0 Å². The first-order valence-corrected chi connectivity index (χ1v) is 5.53. The van der Waals surface area contributed by atoms with Crippen molar-refractivity contribution < 1.29 is 17.2 Å². The molecule has 14 heavy (non-hydrogen) atoms. The molecule has 0 aliphatic carbocycles. The Hall–Kier alpha value is -0.910. The molecule has 5 heteroatoms. The molecule has 0 aliphatic heterocycles. The molecule has 1 N–H and O–H groups in total. The zero-order valence-electron chi connectivity index (χ0n) is 7.75. The molecule has 0 amide bonds. The second-order valence-electron chi connectivity index (χ2n) is 3.02. The molecule has 0 bridgehead atoms. The average molecular weight is 216 g/mol. The molecule has 1 atom stereocenters. The molecule has 1 aromatic rings. The zero-order valence-corrected chi connectivity index (χ0v) is 8.57. The van der Waals surface area contributed by atoms with E-state index in [-0.39, 0.29) is 0 Å². The van der Waals surface area contributed by atoms with Crippen LogP contribution < -0.4 is 0 Å². The first kappa shape index (κ1) is 11.2. The summed E-state index contributed by atoms with van der Waals surface area (Å²) in [5, 5.41) is 0. The first-order valence-electron chi connectivity index (χ1n) is 4.17. The highest BCUT2D eigenvalue weighted by Gasteiger charge is 2.12.